The van der Waals surface area contributed by atoms with Crippen LogP contribution in [0.25, 0.3) is 24.0 Å². The highest BCUT2D eigenvalue weighted by Gasteiger charge is 2.45. The molecular weight excluding hydrogens is 460 g/mol. The van der Waals surface area contributed by atoms with Crippen LogP contribution < -0.4 is 4.74 Å². The normalized spacial score (nSPS) is 16.1. The molecule has 1 aliphatic carbocycles. The van der Waals surface area contributed by atoms with Gasteiger partial charge in [0.1, 0.15) is 28.8 Å². The van der Waals surface area contributed by atoms with Crippen molar-refractivity contribution >= 4 is 65.0 Å². The molecule has 0 unspecified atom stereocenters. The van der Waals surface area contributed by atoms with Crippen LogP contribution >= 0.6 is 34.0 Å². The van der Waals surface area contributed by atoms with Crippen LogP contribution in [0.2, 0.25) is 0 Å². The molecule has 1 fully saturated rings. The Morgan fingerprint density at radius 2 is 1.72 bits per heavy atom. The van der Waals surface area contributed by atoms with Crippen molar-refractivity contribution in [2.45, 2.75) is 37.7 Å². The van der Waals surface area contributed by atoms with E-state index < -0.39 is 5.60 Å². The Balaban J connectivity index is 1.69. The smallest absolute Gasteiger partial charge is 0.350 e. The Morgan fingerprint density at radius 1 is 0.969 bits per heavy atom. The lowest BCUT2D eigenvalue weighted by Crippen LogP contribution is -2.37. The molecule has 0 aromatic carbocycles. The fraction of sp³-hybridized carbons (Fsp3) is 0.273. The fourth-order valence-corrected chi connectivity index (χ4v) is 7.83. The first-order valence-corrected chi connectivity index (χ1v) is 12.2. The van der Waals surface area contributed by atoms with Crippen molar-refractivity contribution < 1.29 is 4.74 Å². The lowest BCUT2D eigenvalue weighted by atomic mass is 9.78. The highest BCUT2D eigenvalue weighted by molar-refractivity contribution is 7.33. The summed E-state index contributed by atoms with van der Waals surface area (Å²) in [5.41, 5.74) is 0.487. The minimum Gasteiger partial charge on any atom is -0.479 e. The van der Waals surface area contributed by atoms with Crippen LogP contribution in [0.3, 0.4) is 0 Å². The fourth-order valence-electron chi connectivity index (χ4n) is 4.20. The van der Waals surface area contributed by atoms with Gasteiger partial charge in [-0.15, -0.1) is 22.7 Å². The Hall–Kier alpha value is -3.54. The van der Waals surface area contributed by atoms with E-state index in [0.29, 0.717) is 10.0 Å². The van der Waals surface area contributed by atoms with E-state index in [1.165, 1.54) is 29.1 Å². The van der Waals surface area contributed by atoms with Crippen LogP contribution in [0.5, 0.6) is 5.75 Å². The second-order valence-electron chi connectivity index (χ2n) is 7.37. The van der Waals surface area contributed by atoms with E-state index in [0.717, 1.165) is 56.2 Å². The highest BCUT2D eigenvalue weighted by atomic mass is 32.1. The lowest BCUT2D eigenvalue weighted by molar-refractivity contribution is 0.0267. The molecule has 4 heterocycles. The number of hydrogen-bond donors (Lipinski definition) is 0. The molecule has 0 saturated heterocycles. The number of thiophene rings is 3. The lowest BCUT2D eigenvalue weighted by Gasteiger charge is -2.40. The molecule has 7 nitrogen and oxygen atoms in total. The van der Waals surface area contributed by atoms with E-state index in [1.54, 1.807) is 17.4 Å². The summed E-state index contributed by atoms with van der Waals surface area (Å²) in [5, 5.41) is 28.5. The van der Waals surface area contributed by atoms with Crippen molar-refractivity contribution in [3.8, 4) is 33.7 Å². The molecule has 1 aliphatic heterocycles. The number of nitriles is 3. The van der Waals surface area contributed by atoms with Crippen molar-refractivity contribution in [1.29, 1.82) is 15.8 Å². The molecule has 0 bridgehead atoms. The van der Waals surface area contributed by atoms with Gasteiger partial charge in [0, 0.05) is 11.6 Å². The molecule has 0 N–H and O–H groups in total. The van der Waals surface area contributed by atoms with Crippen molar-refractivity contribution in [3.05, 3.63) is 29.1 Å². The van der Waals surface area contributed by atoms with Gasteiger partial charge in [0.15, 0.2) is 5.75 Å². The molecule has 0 atom stereocenters. The summed E-state index contributed by atoms with van der Waals surface area (Å²) in [6.45, 7) is 7.05. The molecule has 154 valence electrons. The number of fused-ring (bicyclic) bond motifs is 6. The third-order valence-corrected chi connectivity index (χ3v) is 9.01. The topological polar surface area (TPSA) is 110 Å². The first-order chi connectivity index (χ1) is 15.6. The number of ether oxygens (including phenoxy) is 1. The van der Waals surface area contributed by atoms with Crippen molar-refractivity contribution in [3.63, 3.8) is 0 Å². The molecule has 1 spiro atoms. The van der Waals surface area contributed by atoms with E-state index in [1.807, 2.05) is 24.3 Å². The van der Waals surface area contributed by atoms with E-state index >= 15 is 0 Å². The summed E-state index contributed by atoms with van der Waals surface area (Å²) < 4.78 is 8.72. The predicted molar refractivity (Wildman–Crippen MR) is 126 cm³/mol. The zero-order valence-electron chi connectivity index (χ0n) is 16.5. The van der Waals surface area contributed by atoms with Gasteiger partial charge in [-0.1, -0.05) is 29.3 Å². The summed E-state index contributed by atoms with van der Waals surface area (Å²) in [5.74, 6) is 0.636. The van der Waals surface area contributed by atoms with Crippen LogP contribution in [-0.2, 0) is 5.60 Å². The van der Waals surface area contributed by atoms with E-state index in [4.69, 9.17) is 27.1 Å². The van der Waals surface area contributed by atoms with Crippen LogP contribution in [-0.4, -0.2) is 11.5 Å². The molecule has 32 heavy (non-hydrogen) atoms. The van der Waals surface area contributed by atoms with Gasteiger partial charge in [-0.05, 0) is 31.7 Å². The van der Waals surface area contributed by atoms with Crippen LogP contribution in [0.4, 0.5) is 10.0 Å². The third kappa shape index (κ3) is 3.18. The summed E-state index contributed by atoms with van der Waals surface area (Å²) in [6, 6.07) is 9.33. The van der Waals surface area contributed by atoms with Crippen LogP contribution in [0, 0.1) is 40.6 Å². The van der Waals surface area contributed by atoms with Crippen LogP contribution in [0.15, 0.2) is 22.1 Å². The van der Waals surface area contributed by atoms with E-state index in [2.05, 4.69) is 14.8 Å². The molecular formula is C22H12N6OS3. The van der Waals surface area contributed by atoms with Gasteiger partial charge in [-0.2, -0.15) is 10.5 Å². The Kier molecular flexibility index (Phi) is 5.00. The van der Waals surface area contributed by atoms with Crippen molar-refractivity contribution in [2.24, 2.45) is 9.98 Å². The van der Waals surface area contributed by atoms with Gasteiger partial charge in [-0.3, -0.25) is 0 Å². The first kappa shape index (κ1) is 20.4. The quantitative estimate of drug-likeness (QED) is 0.231. The first-order valence-electron chi connectivity index (χ1n) is 9.76. The Labute approximate surface area is 195 Å². The molecule has 2 aliphatic rings. The molecule has 3 aromatic rings. The molecule has 0 amide bonds. The Morgan fingerprint density at radius 3 is 2.41 bits per heavy atom. The minimum absolute atomic E-state index is 0.162. The number of aliphatic imine (C=N–C) groups is 2. The van der Waals surface area contributed by atoms with Gasteiger partial charge < -0.3 is 9.58 Å². The van der Waals surface area contributed by atoms with Gasteiger partial charge >= 0.3 is 5.84 Å². The van der Waals surface area contributed by atoms with Gasteiger partial charge in [0.2, 0.25) is 10.7 Å². The van der Waals surface area contributed by atoms with Gasteiger partial charge in [-0.25, -0.2) is 10.3 Å². The molecule has 0 radical (unpaired) electrons. The minimum atomic E-state index is -0.444. The summed E-state index contributed by atoms with van der Waals surface area (Å²) in [4.78, 5) is 13.6. The Bertz CT molecular complexity index is 1450. The third-order valence-electron chi connectivity index (χ3n) is 5.54. The predicted octanol–water partition coefficient (Wildman–Crippen LogP) is 6.84. The van der Waals surface area contributed by atoms with Crippen molar-refractivity contribution in [2.75, 3.05) is 0 Å². The maximum absolute atomic E-state index is 9.11. The average Bonchev–Trinajstić information content (AvgIpc) is 3.50. The number of rotatable bonds is 2. The van der Waals surface area contributed by atoms with E-state index in [-0.39, 0.29) is 11.5 Å². The average molecular weight is 473 g/mol. The second-order valence-corrected chi connectivity index (χ2v) is 10.5. The molecule has 5 rings (SSSR count). The number of amidine groups is 1. The molecule has 10 heteroatoms. The highest BCUT2D eigenvalue weighted by Crippen LogP contribution is 2.61. The zero-order valence-corrected chi connectivity index (χ0v) is 19.0. The van der Waals surface area contributed by atoms with Crippen LogP contribution in [0.1, 0.15) is 37.7 Å². The molecule has 3 aromatic heterocycles. The molecule has 1 saturated carbocycles. The second kappa shape index (κ2) is 7.86. The summed E-state index contributed by atoms with van der Waals surface area (Å²) in [7, 11) is 0. The maximum atomic E-state index is 9.11. The summed E-state index contributed by atoms with van der Waals surface area (Å²) >= 11 is 4.48. The van der Waals surface area contributed by atoms with Gasteiger partial charge in [0.05, 0.1) is 19.2 Å². The number of hydrogen-bond acceptors (Lipinski definition) is 9. The monoisotopic (exact) mass is 472 g/mol. The summed E-state index contributed by atoms with van der Waals surface area (Å²) in [6.07, 6.45) is 5.09. The van der Waals surface area contributed by atoms with Crippen molar-refractivity contribution in [1.82, 2.24) is 0 Å². The largest absolute Gasteiger partial charge is 0.479 e. The maximum Gasteiger partial charge on any atom is 0.350 e. The SMILES string of the molecule is [C-]#[N+]C(C#N)=Nc1cc2sc3c(c2s1)OC1(CCCCC1)c1cc(N=C(C#N)C#N)sc1-3. The van der Waals surface area contributed by atoms with E-state index in [9.17, 15) is 0 Å². The van der Waals surface area contributed by atoms with Gasteiger partial charge in [0.25, 0.3) is 0 Å². The standard InChI is InChI=1S/C22H12N6OS3/c1-26-15(11-25)28-17-8-14-20(32-17)18-21(30-14)19-13(22(29-18)5-3-2-4-6-22)7-16(31-19)27-12(9-23)10-24/h7-8H,2-6H2. The zero-order chi connectivity index (χ0) is 22.3. The number of nitrogens with zero attached hydrogens (tertiary/aromatic N) is 6.